The van der Waals surface area contributed by atoms with Crippen molar-refractivity contribution in [3.05, 3.63) is 62.7 Å². The lowest BCUT2D eigenvalue weighted by Crippen LogP contribution is -2.31. The van der Waals surface area contributed by atoms with Gasteiger partial charge in [0.05, 0.1) is 6.61 Å². The normalized spacial score (nSPS) is 18.4. The van der Waals surface area contributed by atoms with Gasteiger partial charge in [0.1, 0.15) is 18.5 Å². The Kier molecular flexibility index (Phi) is 6.40. The third-order valence-corrected chi connectivity index (χ3v) is 4.72. The fourth-order valence-electron chi connectivity index (χ4n) is 2.76. The first kappa shape index (κ1) is 20.1. The largest absolute Gasteiger partial charge is 0.348 e. The van der Waals surface area contributed by atoms with Crippen LogP contribution in [0.5, 0.6) is 0 Å². The number of hydroxylamine groups is 1. The van der Waals surface area contributed by atoms with Crippen LogP contribution >= 0.6 is 22.6 Å². The molecule has 144 valence electrons. The molecule has 0 bridgehead atoms. The lowest BCUT2D eigenvalue weighted by molar-refractivity contribution is -0.147. The minimum Gasteiger partial charge on any atom is -0.348 e. The molecule has 3 rings (SSSR count). The van der Waals surface area contributed by atoms with Crippen molar-refractivity contribution >= 4 is 28.5 Å². The van der Waals surface area contributed by atoms with Crippen LogP contribution in [0.3, 0.4) is 0 Å². The quantitative estimate of drug-likeness (QED) is 0.502. The van der Waals surface area contributed by atoms with Gasteiger partial charge in [-0.05, 0) is 65.8 Å². The van der Waals surface area contributed by atoms with Crippen molar-refractivity contribution in [1.29, 1.82) is 0 Å². The van der Waals surface area contributed by atoms with Gasteiger partial charge in [0, 0.05) is 27.9 Å². The molecule has 27 heavy (non-hydrogen) atoms. The van der Waals surface area contributed by atoms with Crippen LogP contribution in [0.1, 0.15) is 35.3 Å². The summed E-state index contributed by atoms with van der Waals surface area (Å²) in [6.07, 6.45) is 3.08. The van der Waals surface area contributed by atoms with E-state index in [4.69, 9.17) is 14.3 Å². The van der Waals surface area contributed by atoms with Crippen molar-refractivity contribution in [3.8, 4) is 0 Å². The predicted molar refractivity (Wildman–Crippen MR) is 104 cm³/mol. The van der Waals surface area contributed by atoms with Gasteiger partial charge in [0.2, 0.25) is 0 Å². The summed E-state index contributed by atoms with van der Waals surface area (Å²) in [5.74, 6) is -1.38. The summed E-state index contributed by atoms with van der Waals surface area (Å²) in [5, 5.41) is 0. The smallest absolute Gasteiger partial charge is 0.275 e. The highest BCUT2D eigenvalue weighted by Crippen LogP contribution is 2.22. The molecule has 1 atom stereocenters. The fourth-order valence-corrected chi connectivity index (χ4v) is 3.21. The first-order chi connectivity index (χ1) is 12.8. The van der Waals surface area contributed by atoms with Crippen molar-refractivity contribution in [3.63, 3.8) is 0 Å². The van der Waals surface area contributed by atoms with E-state index in [1.54, 1.807) is 18.3 Å². The monoisotopic (exact) mass is 486 g/mol. The number of nitrogens with zero attached hydrogens (tertiary/aromatic N) is 1. The van der Waals surface area contributed by atoms with Crippen LogP contribution in [0.2, 0.25) is 0 Å². The zero-order valence-electron chi connectivity index (χ0n) is 15.0. The maximum Gasteiger partial charge on any atom is 0.275 e. The fraction of sp³-hybridized carbons (Fsp3) is 0.368. The second-order valence-corrected chi connectivity index (χ2v) is 7.88. The SMILES string of the molecule is CC1(C)OC[C@@H](CONC(=O)c2ccncc2Cc2ccc(I)cc2F)O1. The van der Waals surface area contributed by atoms with E-state index in [-0.39, 0.29) is 24.9 Å². The number of ether oxygens (including phenoxy) is 2. The maximum absolute atomic E-state index is 14.1. The highest BCUT2D eigenvalue weighted by atomic mass is 127. The molecule has 0 radical (unpaired) electrons. The third-order valence-electron chi connectivity index (χ3n) is 4.05. The Morgan fingerprint density at radius 1 is 1.41 bits per heavy atom. The van der Waals surface area contributed by atoms with E-state index >= 15 is 0 Å². The van der Waals surface area contributed by atoms with Crippen LogP contribution in [0.25, 0.3) is 0 Å². The average molecular weight is 486 g/mol. The second-order valence-electron chi connectivity index (χ2n) is 6.64. The van der Waals surface area contributed by atoms with E-state index in [1.165, 1.54) is 12.3 Å². The predicted octanol–water partition coefficient (Wildman–Crippen LogP) is 3.23. The minimum atomic E-state index is -0.645. The average Bonchev–Trinajstić information content (AvgIpc) is 2.96. The summed E-state index contributed by atoms with van der Waals surface area (Å²) in [4.78, 5) is 21.8. The molecule has 8 heteroatoms. The molecular formula is C19H20FIN2O4. The Morgan fingerprint density at radius 2 is 2.22 bits per heavy atom. The molecule has 0 saturated carbocycles. The summed E-state index contributed by atoms with van der Waals surface area (Å²) in [6, 6.07) is 6.57. The van der Waals surface area contributed by atoms with E-state index in [0.717, 1.165) is 3.57 Å². The topological polar surface area (TPSA) is 69.7 Å². The van der Waals surface area contributed by atoms with E-state index < -0.39 is 11.7 Å². The van der Waals surface area contributed by atoms with Gasteiger partial charge in [-0.2, -0.15) is 0 Å². The number of carbonyl (C=O) groups is 1. The van der Waals surface area contributed by atoms with E-state index in [0.29, 0.717) is 23.3 Å². The lowest BCUT2D eigenvalue weighted by atomic mass is 10.0. The zero-order chi connectivity index (χ0) is 19.4. The van der Waals surface area contributed by atoms with Crippen molar-refractivity contribution in [2.45, 2.75) is 32.2 Å². The van der Waals surface area contributed by atoms with E-state index in [2.05, 4.69) is 33.1 Å². The summed E-state index contributed by atoms with van der Waals surface area (Å²) in [7, 11) is 0. The maximum atomic E-state index is 14.1. The molecule has 1 N–H and O–H groups in total. The molecule has 0 spiro atoms. The number of amides is 1. The number of hydrogen-bond donors (Lipinski definition) is 1. The van der Waals surface area contributed by atoms with Crippen molar-refractivity contribution in [2.24, 2.45) is 0 Å². The highest BCUT2D eigenvalue weighted by molar-refractivity contribution is 14.1. The molecule has 2 heterocycles. The van der Waals surface area contributed by atoms with Gasteiger partial charge in [-0.25, -0.2) is 9.87 Å². The third kappa shape index (κ3) is 5.44. The summed E-state index contributed by atoms with van der Waals surface area (Å²) >= 11 is 2.05. The molecule has 0 unspecified atom stereocenters. The Labute approximate surface area is 170 Å². The molecule has 1 fully saturated rings. The van der Waals surface area contributed by atoms with E-state index in [9.17, 15) is 9.18 Å². The standard InChI is InChI=1S/C19H20FIN2O4/c1-19(2)25-10-15(27-19)11-26-23-18(24)16-5-6-22-9-13(16)7-12-3-4-14(21)8-17(12)20/h3-6,8-9,15H,7,10-11H2,1-2H3,(H,23,24)/t15-/m0/s1. The Morgan fingerprint density at radius 3 is 2.93 bits per heavy atom. The molecule has 1 aromatic heterocycles. The molecule has 2 aromatic rings. The van der Waals surface area contributed by atoms with Gasteiger partial charge >= 0.3 is 0 Å². The van der Waals surface area contributed by atoms with Crippen molar-refractivity contribution in [1.82, 2.24) is 10.5 Å². The Balaban J connectivity index is 1.62. The number of nitrogens with one attached hydrogen (secondary N) is 1. The molecule has 0 aliphatic carbocycles. The highest BCUT2D eigenvalue weighted by Gasteiger charge is 2.32. The van der Waals surface area contributed by atoms with Crippen LogP contribution in [-0.4, -0.2) is 36.0 Å². The molecule has 1 saturated heterocycles. The first-order valence-corrected chi connectivity index (χ1v) is 9.52. The van der Waals surface area contributed by atoms with Gasteiger partial charge < -0.3 is 9.47 Å². The van der Waals surface area contributed by atoms with Crippen LogP contribution in [0, 0.1) is 9.39 Å². The Bertz CT molecular complexity index is 831. The first-order valence-electron chi connectivity index (χ1n) is 8.45. The second kappa shape index (κ2) is 8.59. The van der Waals surface area contributed by atoms with Crippen LogP contribution in [-0.2, 0) is 20.7 Å². The van der Waals surface area contributed by atoms with Crippen LogP contribution in [0.4, 0.5) is 4.39 Å². The minimum absolute atomic E-state index is 0.168. The zero-order valence-corrected chi connectivity index (χ0v) is 17.2. The molecule has 1 aromatic carbocycles. The summed E-state index contributed by atoms with van der Waals surface area (Å²) < 4.78 is 26.0. The van der Waals surface area contributed by atoms with Gasteiger partial charge in [-0.3, -0.25) is 14.6 Å². The molecule has 1 aliphatic rings. The van der Waals surface area contributed by atoms with Gasteiger partial charge in [-0.15, -0.1) is 0 Å². The number of hydrogen-bond acceptors (Lipinski definition) is 5. The van der Waals surface area contributed by atoms with E-state index in [1.807, 2.05) is 19.9 Å². The summed E-state index contributed by atoms with van der Waals surface area (Å²) in [5.41, 5.74) is 3.90. The number of carbonyl (C=O) groups excluding carboxylic acids is 1. The number of halogens is 2. The molecule has 1 amide bonds. The lowest BCUT2D eigenvalue weighted by Gasteiger charge is -2.17. The number of benzene rings is 1. The summed E-state index contributed by atoms with van der Waals surface area (Å²) in [6.45, 7) is 4.20. The number of rotatable bonds is 6. The number of pyridine rings is 1. The van der Waals surface area contributed by atoms with Gasteiger partial charge in [-0.1, -0.05) is 6.07 Å². The Hall–Kier alpha value is -1.62. The van der Waals surface area contributed by atoms with Crippen LogP contribution in [0.15, 0.2) is 36.7 Å². The van der Waals surface area contributed by atoms with Crippen LogP contribution < -0.4 is 5.48 Å². The van der Waals surface area contributed by atoms with Gasteiger partial charge in [0.25, 0.3) is 5.91 Å². The molecule has 6 nitrogen and oxygen atoms in total. The van der Waals surface area contributed by atoms with Crippen molar-refractivity contribution < 1.29 is 23.5 Å². The molecule has 1 aliphatic heterocycles. The van der Waals surface area contributed by atoms with Gasteiger partial charge in [0.15, 0.2) is 5.79 Å². The number of aromatic nitrogens is 1. The molecular weight excluding hydrogens is 466 g/mol. The van der Waals surface area contributed by atoms with Crippen molar-refractivity contribution in [2.75, 3.05) is 13.2 Å².